The number of fused-ring (bicyclic) bond motifs is 2. The average molecular weight is 463 g/mol. The predicted molar refractivity (Wildman–Crippen MR) is 135 cm³/mol. The first-order chi connectivity index (χ1) is 17.2. The van der Waals surface area contributed by atoms with Crippen molar-refractivity contribution in [2.45, 2.75) is 32.5 Å². The standard InChI is InChI=1S/C28H26N6O/c1-19-11-12-25-23(15-19)16-24(28(35)29-25)26(33-14-13-21-9-5-6-10-22(21)18-33)27-30-31-32-34(27)17-20-7-3-2-4-8-20/h2-12,15-16,26H,13-14,17-18H2,1H3,(H,29,35)/t26-/m1/s1. The lowest BCUT2D eigenvalue weighted by molar-refractivity contribution is 0.194. The first kappa shape index (κ1) is 21.4. The number of nitrogens with zero attached hydrogens (tertiary/aromatic N) is 5. The van der Waals surface area contributed by atoms with Gasteiger partial charge < -0.3 is 4.98 Å². The third-order valence-corrected chi connectivity index (χ3v) is 6.83. The fraction of sp³-hybridized carbons (Fsp3) is 0.214. The number of benzene rings is 3. The first-order valence-corrected chi connectivity index (χ1v) is 11.9. The smallest absolute Gasteiger partial charge is 0.253 e. The molecule has 7 nitrogen and oxygen atoms in total. The van der Waals surface area contributed by atoms with E-state index in [4.69, 9.17) is 0 Å². The van der Waals surface area contributed by atoms with E-state index in [0.717, 1.165) is 41.5 Å². The average Bonchev–Trinajstić information content (AvgIpc) is 3.33. The molecule has 0 amide bonds. The van der Waals surface area contributed by atoms with Crippen molar-refractivity contribution < 1.29 is 0 Å². The molecule has 1 atom stereocenters. The van der Waals surface area contributed by atoms with Crippen molar-refractivity contribution in [1.82, 2.24) is 30.1 Å². The van der Waals surface area contributed by atoms with E-state index in [0.29, 0.717) is 17.9 Å². The monoisotopic (exact) mass is 462 g/mol. The number of rotatable bonds is 5. The van der Waals surface area contributed by atoms with Gasteiger partial charge in [0.25, 0.3) is 5.56 Å². The van der Waals surface area contributed by atoms with Crippen LogP contribution in [0, 0.1) is 6.92 Å². The molecule has 0 radical (unpaired) electrons. The number of pyridine rings is 1. The minimum absolute atomic E-state index is 0.112. The Kier molecular flexibility index (Phi) is 5.47. The molecule has 1 aliphatic rings. The molecule has 2 aromatic heterocycles. The van der Waals surface area contributed by atoms with Crippen LogP contribution in [0.1, 0.15) is 39.7 Å². The molecule has 0 saturated carbocycles. The first-order valence-electron chi connectivity index (χ1n) is 11.9. The van der Waals surface area contributed by atoms with Gasteiger partial charge in [-0.05, 0) is 64.0 Å². The van der Waals surface area contributed by atoms with Crippen molar-refractivity contribution in [3.63, 3.8) is 0 Å². The van der Waals surface area contributed by atoms with Gasteiger partial charge in [-0.15, -0.1) is 5.10 Å². The van der Waals surface area contributed by atoms with E-state index in [1.807, 2.05) is 41.1 Å². The summed E-state index contributed by atoms with van der Waals surface area (Å²) in [4.78, 5) is 18.9. The van der Waals surface area contributed by atoms with Gasteiger partial charge >= 0.3 is 0 Å². The number of aromatic nitrogens is 5. The minimum atomic E-state index is -0.379. The van der Waals surface area contributed by atoms with Crippen molar-refractivity contribution in [2.75, 3.05) is 6.54 Å². The fourth-order valence-electron chi connectivity index (χ4n) is 5.06. The zero-order valence-corrected chi connectivity index (χ0v) is 19.6. The molecule has 174 valence electrons. The molecule has 0 aliphatic carbocycles. The second-order valence-corrected chi connectivity index (χ2v) is 9.22. The molecule has 0 saturated heterocycles. The SMILES string of the molecule is Cc1ccc2[nH]c(=O)c([C@H](c3nnnn3Cc3ccccc3)N3CCc4ccccc4C3)cc2c1. The van der Waals surface area contributed by atoms with Crippen molar-refractivity contribution in [3.8, 4) is 0 Å². The van der Waals surface area contributed by atoms with E-state index in [-0.39, 0.29) is 11.6 Å². The van der Waals surface area contributed by atoms with Crippen LogP contribution in [0.25, 0.3) is 10.9 Å². The summed E-state index contributed by atoms with van der Waals surface area (Å²) in [5.74, 6) is 0.672. The Morgan fingerprint density at radius 3 is 2.63 bits per heavy atom. The lowest BCUT2D eigenvalue weighted by Crippen LogP contribution is -2.38. The van der Waals surface area contributed by atoms with E-state index in [1.165, 1.54) is 11.1 Å². The lowest BCUT2D eigenvalue weighted by atomic mass is 9.95. The Hall–Kier alpha value is -4.10. The normalized spacial score (nSPS) is 14.7. The van der Waals surface area contributed by atoms with Crippen LogP contribution in [-0.2, 0) is 19.5 Å². The van der Waals surface area contributed by atoms with Gasteiger partial charge in [0.15, 0.2) is 5.82 Å². The maximum atomic E-state index is 13.5. The maximum absolute atomic E-state index is 13.5. The number of aromatic amines is 1. The number of hydrogen-bond acceptors (Lipinski definition) is 5. The minimum Gasteiger partial charge on any atom is -0.322 e. The van der Waals surface area contributed by atoms with Crippen molar-refractivity contribution in [2.24, 2.45) is 0 Å². The molecule has 1 N–H and O–H groups in total. The molecule has 1 aliphatic heterocycles. The van der Waals surface area contributed by atoms with Crippen molar-refractivity contribution >= 4 is 10.9 Å². The second kappa shape index (κ2) is 8.92. The van der Waals surface area contributed by atoms with E-state index in [2.05, 4.69) is 74.8 Å². The summed E-state index contributed by atoms with van der Waals surface area (Å²) in [6, 6.07) is 26.3. The lowest BCUT2D eigenvalue weighted by Gasteiger charge is -2.34. The summed E-state index contributed by atoms with van der Waals surface area (Å²) < 4.78 is 1.82. The van der Waals surface area contributed by atoms with E-state index in [9.17, 15) is 4.79 Å². The highest BCUT2D eigenvalue weighted by atomic mass is 16.1. The van der Waals surface area contributed by atoms with E-state index in [1.54, 1.807) is 0 Å². The van der Waals surface area contributed by atoms with Crippen LogP contribution >= 0.6 is 0 Å². The Labute approximate surface area is 203 Å². The maximum Gasteiger partial charge on any atom is 0.253 e. The molecule has 0 unspecified atom stereocenters. The third kappa shape index (κ3) is 4.15. The van der Waals surface area contributed by atoms with Gasteiger partial charge in [-0.1, -0.05) is 66.2 Å². The Bertz CT molecular complexity index is 1560. The topological polar surface area (TPSA) is 79.7 Å². The van der Waals surface area contributed by atoms with Gasteiger partial charge in [-0.2, -0.15) is 0 Å². The largest absolute Gasteiger partial charge is 0.322 e. The second-order valence-electron chi connectivity index (χ2n) is 9.22. The molecular weight excluding hydrogens is 436 g/mol. The molecule has 7 heteroatoms. The molecule has 3 aromatic carbocycles. The number of tetrazole rings is 1. The summed E-state index contributed by atoms with van der Waals surface area (Å²) in [5.41, 5.74) is 6.26. The number of hydrogen-bond donors (Lipinski definition) is 1. The molecule has 0 spiro atoms. The van der Waals surface area contributed by atoms with Crippen LogP contribution in [-0.4, -0.2) is 36.6 Å². The molecule has 0 fully saturated rings. The summed E-state index contributed by atoms with van der Waals surface area (Å²) in [7, 11) is 0. The number of aryl methyl sites for hydroxylation is 1. The molecule has 0 bridgehead atoms. The molecular formula is C28H26N6O. The van der Waals surface area contributed by atoms with E-state index < -0.39 is 0 Å². The van der Waals surface area contributed by atoms with Crippen molar-refractivity contribution in [3.05, 3.63) is 123 Å². The highest BCUT2D eigenvalue weighted by Gasteiger charge is 2.32. The third-order valence-electron chi connectivity index (χ3n) is 6.83. The number of H-pyrrole nitrogens is 1. The molecule has 5 aromatic rings. The highest BCUT2D eigenvalue weighted by Crippen LogP contribution is 2.32. The Morgan fingerprint density at radius 1 is 0.971 bits per heavy atom. The van der Waals surface area contributed by atoms with E-state index >= 15 is 0 Å². The van der Waals surface area contributed by atoms with Crippen LogP contribution < -0.4 is 5.56 Å². The quantitative estimate of drug-likeness (QED) is 0.427. The zero-order chi connectivity index (χ0) is 23.8. The van der Waals surface area contributed by atoms with Gasteiger partial charge in [-0.25, -0.2) is 4.68 Å². The van der Waals surface area contributed by atoms with Crippen molar-refractivity contribution in [1.29, 1.82) is 0 Å². The Morgan fingerprint density at radius 2 is 1.77 bits per heavy atom. The highest BCUT2D eigenvalue weighted by molar-refractivity contribution is 5.79. The van der Waals surface area contributed by atoms with Gasteiger partial charge in [0.05, 0.1) is 6.54 Å². The predicted octanol–water partition coefficient (Wildman–Crippen LogP) is 4.02. The number of nitrogens with one attached hydrogen (secondary N) is 1. The molecule has 3 heterocycles. The van der Waals surface area contributed by atoms with Gasteiger partial charge in [-0.3, -0.25) is 9.69 Å². The molecule has 35 heavy (non-hydrogen) atoms. The fourth-order valence-corrected chi connectivity index (χ4v) is 5.06. The Balaban J connectivity index is 1.49. The zero-order valence-electron chi connectivity index (χ0n) is 19.6. The summed E-state index contributed by atoms with van der Waals surface area (Å²) in [6.45, 7) is 4.13. The van der Waals surface area contributed by atoms with Crippen LogP contribution in [0.5, 0.6) is 0 Å². The van der Waals surface area contributed by atoms with Gasteiger partial charge in [0, 0.05) is 24.2 Å². The van der Waals surface area contributed by atoms with Crippen LogP contribution in [0.3, 0.4) is 0 Å². The summed E-state index contributed by atoms with van der Waals surface area (Å²) in [5, 5.41) is 13.8. The van der Waals surface area contributed by atoms with Gasteiger partial charge in [0.1, 0.15) is 6.04 Å². The van der Waals surface area contributed by atoms with Gasteiger partial charge in [0.2, 0.25) is 0 Å². The van der Waals surface area contributed by atoms with Crippen LogP contribution in [0.15, 0.2) is 83.7 Å². The summed E-state index contributed by atoms with van der Waals surface area (Å²) >= 11 is 0. The van der Waals surface area contributed by atoms with Crippen LogP contribution in [0.4, 0.5) is 0 Å². The molecule has 6 rings (SSSR count). The van der Waals surface area contributed by atoms with Crippen LogP contribution in [0.2, 0.25) is 0 Å². The summed E-state index contributed by atoms with van der Waals surface area (Å²) in [6.07, 6.45) is 0.914.